The maximum Gasteiger partial charge on any atom is 0.356 e. The molecule has 2 heterocycles. The molecule has 2 unspecified atom stereocenters. The number of likely N-dealkylation sites (tertiary alicyclic amines) is 1. The maximum absolute atomic E-state index is 11.0. The Morgan fingerprint density at radius 2 is 2.08 bits per heavy atom. The molecule has 0 bridgehead atoms. The lowest BCUT2D eigenvalue weighted by Crippen LogP contribution is -2.41. The summed E-state index contributed by atoms with van der Waals surface area (Å²) < 4.78 is 1.76. The molecule has 3 rings (SSSR count). The largest absolute Gasteiger partial charge is 0.476 e. The third-order valence-electron chi connectivity index (χ3n) is 4.76. The molecule has 1 saturated heterocycles. The Morgan fingerprint density at radius 1 is 1.28 bits per heavy atom. The molecular formula is C19H25N3O3. The molecule has 2 N–H and O–H groups in total. The van der Waals surface area contributed by atoms with Crippen LogP contribution in [0, 0.1) is 0 Å². The Kier molecular flexibility index (Phi) is 5.83. The van der Waals surface area contributed by atoms with Crippen molar-refractivity contribution >= 4 is 5.97 Å². The number of rotatable bonds is 7. The van der Waals surface area contributed by atoms with E-state index in [9.17, 15) is 9.90 Å². The number of β-amino-alcohol motifs (C(OH)–C–C–N with tert-alkyl or cyclic N) is 1. The van der Waals surface area contributed by atoms with Crippen LogP contribution in [0.15, 0.2) is 42.6 Å². The van der Waals surface area contributed by atoms with Crippen LogP contribution in [0.1, 0.15) is 41.4 Å². The Hall–Kier alpha value is -2.18. The van der Waals surface area contributed by atoms with Crippen molar-refractivity contribution in [2.75, 3.05) is 19.6 Å². The number of hydrogen-bond acceptors (Lipinski definition) is 4. The lowest BCUT2D eigenvalue weighted by Gasteiger charge is -2.34. The minimum atomic E-state index is -0.997. The summed E-state index contributed by atoms with van der Waals surface area (Å²) in [6, 6.07) is 11.9. The number of aryl methyl sites for hydroxylation is 1. The average molecular weight is 343 g/mol. The van der Waals surface area contributed by atoms with Gasteiger partial charge in [0.05, 0.1) is 12.1 Å². The van der Waals surface area contributed by atoms with E-state index in [1.807, 2.05) is 18.2 Å². The number of hydrogen-bond donors (Lipinski definition) is 2. The van der Waals surface area contributed by atoms with Gasteiger partial charge in [0, 0.05) is 19.3 Å². The number of piperidine rings is 1. The Balaban J connectivity index is 1.49. The molecule has 134 valence electrons. The minimum absolute atomic E-state index is 0.0834. The van der Waals surface area contributed by atoms with Crippen LogP contribution in [0.5, 0.6) is 0 Å². The number of benzene rings is 1. The first-order chi connectivity index (χ1) is 12.1. The smallest absolute Gasteiger partial charge is 0.356 e. The van der Waals surface area contributed by atoms with Crippen LogP contribution in [-0.4, -0.2) is 56.6 Å². The topological polar surface area (TPSA) is 78.6 Å². The molecule has 0 saturated carbocycles. The lowest BCUT2D eigenvalue weighted by atomic mass is 10.0. The molecule has 2 atom stereocenters. The molecule has 1 aliphatic rings. The van der Waals surface area contributed by atoms with Crippen molar-refractivity contribution in [1.82, 2.24) is 14.7 Å². The number of carbonyl (C=O) groups is 1. The summed E-state index contributed by atoms with van der Waals surface area (Å²) in [5.41, 5.74) is 1.33. The highest BCUT2D eigenvalue weighted by Gasteiger charge is 2.24. The zero-order valence-electron chi connectivity index (χ0n) is 14.3. The SMILES string of the molecule is O=C(O)c1ccn(C2CCCN(CC(O)CCc3ccccc3)C2)n1. The monoisotopic (exact) mass is 343 g/mol. The van der Waals surface area contributed by atoms with Gasteiger partial charge in [-0.15, -0.1) is 0 Å². The third kappa shape index (κ3) is 4.90. The number of aliphatic hydroxyl groups excluding tert-OH is 1. The molecule has 6 heteroatoms. The second kappa shape index (κ2) is 8.27. The molecule has 0 spiro atoms. The summed E-state index contributed by atoms with van der Waals surface area (Å²) in [7, 11) is 0. The number of carboxylic acid groups (broad SMARTS) is 1. The van der Waals surface area contributed by atoms with Gasteiger partial charge in [0.2, 0.25) is 0 Å². The molecule has 25 heavy (non-hydrogen) atoms. The Bertz CT molecular complexity index is 686. The van der Waals surface area contributed by atoms with Gasteiger partial charge in [0.15, 0.2) is 5.69 Å². The van der Waals surface area contributed by atoms with E-state index in [0.717, 1.165) is 38.8 Å². The van der Waals surface area contributed by atoms with Gasteiger partial charge in [-0.05, 0) is 43.9 Å². The van der Waals surface area contributed by atoms with Crippen molar-refractivity contribution in [2.45, 2.75) is 37.8 Å². The summed E-state index contributed by atoms with van der Waals surface area (Å²) in [4.78, 5) is 13.2. The van der Waals surface area contributed by atoms with Crippen molar-refractivity contribution < 1.29 is 15.0 Å². The van der Waals surface area contributed by atoms with Gasteiger partial charge >= 0.3 is 5.97 Å². The van der Waals surface area contributed by atoms with E-state index in [0.29, 0.717) is 6.54 Å². The Morgan fingerprint density at radius 3 is 2.80 bits per heavy atom. The summed E-state index contributed by atoms with van der Waals surface area (Å²) in [5.74, 6) is -0.997. The fraction of sp³-hybridized carbons (Fsp3) is 0.474. The first-order valence-electron chi connectivity index (χ1n) is 8.84. The molecule has 0 radical (unpaired) electrons. The fourth-order valence-corrected chi connectivity index (χ4v) is 3.44. The molecular weight excluding hydrogens is 318 g/mol. The quantitative estimate of drug-likeness (QED) is 0.806. The Labute approximate surface area is 147 Å². The van der Waals surface area contributed by atoms with Crippen LogP contribution >= 0.6 is 0 Å². The first-order valence-corrected chi connectivity index (χ1v) is 8.84. The molecule has 1 aromatic heterocycles. The van der Waals surface area contributed by atoms with Crippen LogP contribution in [0.2, 0.25) is 0 Å². The van der Waals surface area contributed by atoms with Crippen LogP contribution in [-0.2, 0) is 6.42 Å². The van der Waals surface area contributed by atoms with Gasteiger partial charge in [0.1, 0.15) is 0 Å². The average Bonchev–Trinajstić information content (AvgIpc) is 3.12. The maximum atomic E-state index is 11.0. The lowest BCUT2D eigenvalue weighted by molar-refractivity contribution is 0.0685. The molecule has 1 aliphatic heterocycles. The van der Waals surface area contributed by atoms with Gasteiger partial charge < -0.3 is 10.2 Å². The summed E-state index contributed by atoms with van der Waals surface area (Å²) in [5, 5.41) is 23.5. The summed E-state index contributed by atoms with van der Waals surface area (Å²) >= 11 is 0. The highest BCUT2D eigenvalue weighted by atomic mass is 16.4. The van der Waals surface area contributed by atoms with Crippen molar-refractivity contribution in [3.63, 3.8) is 0 Å². The highest BCUT2D eigenvalue weighted by molar-refractivity contribution is 5.85. The van der Waals surface area contributed by atoms with Crippen molar-refractivity contribution in [1.29, 1.82) is 0 Å². The van der Waals surface area contributed by atoms with Crippen molar-refractivity contribution in [3.8, 4) is 0 Å². The predicted octanol–water partition coefficient (Wildman–Crippen LogP) is 2.21. The molecule has 0 amide bonds. The van der Waals surface area contributed by atoms with E-state index in [4.69, 9.17) is 5.11 Å². The van der Waals surface area contributed by atoms with Gasteiger partial charge in [-0.3, -0.25) is 9.58 Å². The standard InChI is InChI=1S/C19H25N3O3/c23-17(9-8-15-5-2-1-3-6-15)14-21-11-4-7-16(13-21)22-12-10-18(20-22)19(24)25/h1-3,5-6,10,12,16-17,23H,4,7-9,11,13-14H2,(H,24,25). The molecule has 6 nitrogen and oxygen atoms in total. The minimum Gasteiger partial charge on any atom is -0.476 e. The van der Waals surface area contributed by atoms with Gasteiger partial charge in [-0.25, -0.2) is 4.79 Å². The number of aliphatic hydroxyl groups is 1. The summed E-state index contributed by atoms with van der Waals surface area (Å²) in [6.07, 6.45) is 5.02. The van der Waals surface area contributed by atoms with E-state index >= 15 is 0 Å². The van der Waals surface area contributed by atoms with Crippen molar-refractivity contribution in [3.05, 3.63) is 53.9 Å². The van der Waals surface area contributed by atoms with E-state index < -0.39 is 5.97 Å². The van der Waals surface area contributed by atoms with Crippen LogP contribution in [0.3, 0.4) is 0 Å². The summed E-state index contributed by atoms with van der Waals surface area (Å²) in [6.45, 7) is 2.41. The molecule has 1 aromatic carbocycles. The number of aromatic carboxylic acids is 1. The molecule has 1 fully saturated rings. The third-order valence-corrected chi connectivity index (χ3v) is 4.76. The van der Waals surface area contributed by atoms with Crippen LogP contribution in [0.25, 0.3) is 0 Å². The number of aromatic nitrogens is 2. The second-order valence-corrected chi connectivity index (χ2v) is 6.72. The number of nitrogens with zero attached hydrogens (tertiary/aromatic N) is 3. The first kappa shape index (κ1) is 17.6. The normalized spacial score (nSPS) is 19.6. The van der Waals surface area contributed by atoms with E-state index in [2.05, 4.69) is 22.1 Å². The van der Waals surface area contributed by atoms with E-state index in [1.165, 1.54) is 11.6 Å². The highest BCUT2D eigenvalue weighted by Crippen LogP contribution is 2.21. The van der Waals surface area contributed by atoms with Gasteiger partial charge in [0.25, 0.3) is 0 Å². The fourth-order valence-electron chi connectivity index (χ4n) is 3.44. The second-order valence-electron chi connectivity index (χ2n) is 6.72. The van der Waals surface area contributed by atoms with Crippen LogP contribution in [0.4, 0.5) is 0 Å². The molecule has 0 aliphatic carbocycles. The zero-order valence-corrected chi connectivity index (χ0v) is 14.3. The van der Waals surface area contributed by atoms with Crippen LogP contribution < -0.4 is 0 Å². The van der Waals surface area contributed by atoms with Gasteiger partial charge in [-0.2, -0.15) is 5.10 Å². The van der Waals surface area contributed by atoms with E-state index in [-0.39, 0.29) is 17.8 Å². The van der Waals surface area contributed by atoms with E-state index in [1.54, 1.807) is 10.9 Å². The predicted molar refractivity (Wildman–Crippen MR) is 94.7 cm³/mol. The van der Waals surface area contributed by atoms with Crippen molar-refractivity contribution in [2.24, 2.45) is 0 Å². The number of carboxylic acids is 1. The van der Waals surface area contributed by atoms with Gasteiger partial charge in [-0.1, -0.05) is 30.3 Å². The molecule has 2 aromatic rings. The zero-order chi connectivity index (χ0) is 17.6.